The van der Waals surface area contributed by atoms with Crippen LogP contribution in [0.4, 0.5) is 11.6 Å². The Bertz CT molecular complexity index is 2460. The lowest BCUT2D eigenvalue weighted by molar-refractivity contribution is -0.160. The number of benzene rings is 1. The molecule has 28 heteroatoms. The van der Waals surface area contributed by atoms with Crippen molar-refractivity contribution in [3.05, 3.63) is 84.0 Å². The Hall–Kier alpha value is -4.95. The van der Waals surface area contributed by atoms with Gasteiger partial charge in [0.15, 0.2) is 28.9 Å². The molecule has 346 valence electrons. The number of rotatable bonds is 21. The number of carbonyl (C=O) groups excluding carboxylic acids is 3. The molecule has 0 aliphatic carbocycles. The number of esters is 1. The second-order valence-corrected chi connectivity index (χ2v) is 18.0. The van der Waals surface area contributed by atoms with Gasteiger partial charge in [0.05, 0.1) is 19.5 Å². The molecule has 9 atom stereocenters. The molecule has 6 rings (SSSR count). The van der Waals surface area contributed by atoms with Crippen LogP contribution in [0.5, 0.6) is 0 Å². The van der Waals surface area contributed by atoms with Gasteiger partial charge in [0.25, 0.3) is 0 Å². The molecule has 2 saturated heterocycles. The zero-order valence-electron chi connectivity index (χ0n) is 33.6. The average Bonchev–Trinajstić information content (AvgIpc) is 3.94. The van der Waals surface area contributed by atoms with E-state index < -0.39 is 95.4 Å². The van der Waals surface area contributed by atoms with Crippen molar-refractivity contribution in [1.82, 2.24) is 34.4 Å². The van der Waals surface area contributed by atoms with Crippen molar-refractivity contribution in [2.75, 3.05) is 24.7 Å². The number of nitrogens with one attached hydrogen (secondary N) is 1. The summed E-state index contributed by atoms with van der Waals surface area (Å²) in [6.45, 7) is 1.81. The molecule has 9 N–H and O–H groups in total. The minimum Gasteiger partial charge on any atom is -0.455 e. The molecule has 0 spiro atoms. The van der Waals surface area contributed by atoms with Crippen LogP contribution >= 0.6 is 27.4 Å². The van der Waals surface area contributed by atoms with Gasteiger partial charge < -0.3 is 50.8 Å². The summed E-state index contributed by atoms with van der Waals surface area (Å²) in [5.41, 5.74) is 11.8. The molecule has 2 aliphatic heterocycles. The highest BCUT2D eigenvalue weighted by molar-refractivity contribution is 8.12. The SMILES string of the molecule is C=CCCC(=O)N[C@@H](CCC(=O)SCc1ccccc1)C(=O)O[C@H]1[C@@H](O)[C@H](n2cnc3c(N)ncnc32)O[C@@H]1COP(=O)(O)O[C@H]1CC(n2ccc(N)nc2=O)O[C@@H]1COP(=O)(O)O. The van der Waals surface area contributed by atoms with Crippen molar-refractivity contribution in [2.45, 2.75) is 86.9 Å². The molecule has 3 aromatic heterocycles. The number of hydrogen-bond acceptors (Lipinski definition) is 20. The van der Waals surface area contributed by atoms with E-state index in [1.165, 1.54) is 29.2 Å². The third kappa shape index (κ3) is 12.9. The second kappa shape index (κ2) is 21.4. The largest absolute Gasteiger partial charge is 0.472 e. The van der Waals surface area contributed by atoms with Crippen molar-refractivity contribution in [2.24, 2.45) is 0 Å². The average molecular weight is 954 g/mol. The number of nitrogens with two attached hydrogens (primary N) is 2. The standard InChI is InChI=1S/C36H45N9O16P2S/c1-2-3-9-26(46)42-21(10-11-28(47)64-17-20-7-5-4-6-8-20)35(49)60-31-24(59-34(30(31)48)45-19-41-29-32(38)39-18-40-33(29)45)16-57-63(54,55)61-22-14-27(44-13-12-25(37)43-36(44)50)58-23(22)15-56-62(51,52)53/h2,4-8,12-13,18-19,21-24,27,30-31,34,48H,1,3,9-11,14-17H2,(H,42,46)(H,54,55)(H2,37,43,50)(H2,38,39,40)(H2,51,52,53)/t21-,22-,23+,24+,27?,30+,31+,34+/m0/s1. The van der Waals surface area contributed by atoms with Crippen molar-refractivity contribution in [1.29, 1.82) is 0 Å². The predicted octanol–water partition coefficient (Wildman–Crippen LogP) is 1.01. The predicted molar refractivity (Wildman–Crippen MR) is 223 cm³/mol. The third-order valence-electron chi connectivity index (χ3n) is 9.72. The summed E-state index contributed by atoms with van der Waals surface area (Å²) in [5.74, 6) is -1.41. The number of phosphoric ester groups is 2. The highest BCUT2D eigenvalue weighted by Gasteiger charge is 2.50. The van der Waals surface area contributed by atoms with Gasteiger partial charge in [-0.05, 0) is 24.5 Å². The van der Waals surface area contributed by atoms with Crippen LogP contribution in [0.25, 0.3) is 11.2 Å². The van der Waals surface area contributed by atoms with Gasteiger partial charge in [-0.25, -0.2) is 33.7 Å². The normalized spacial score (nSPS) is 23.7. The van der Waals surface area contributed by atoms with Gasteiger partial charge in [-0.15, -0.1) is 6.58 Å². The molecule has 2 fully saturated rings. The lowest BCUT2D eigenvalue weighted by Crippen LogP contribution is -2.46. The number of thioether (sulfide) groups is 1. The number of nitrogen functional groups attached to an aromatic ring is 2. The van der Waals surface area contributed by atoms with Gasteiger partial charge in [-0.1, -0.05) is 48.2 Å². The van der Waals surface area contributed by atoms with E-state index in [1.54, 1.807) is 0 Å². The van der Waals surface area contributed by atoms with Gasteiger partial charge in [0.2, 0.25) is 5.91 Å². The maximum atomic E-state index is 13.9. The lowest BCUT2D eigenvalue weighted by Gasteiger charge is -2.25. The highest BCUT2D eigenvalue weighted by atomic mass is 32.2. The number of phosphoric acid groups is 2. The highest BCUT2D eigenvalue weighted by Crippen LogP contribution is 2.50. The van der Waals surface area contributed by atoms with E-state index in [0.29, 0.717) is 5.75 Å². The number of amides is 1. The van der Waals surface area contributed by atoms with Crippen LogP contribution in [0.2, 0.25) is 0 Å². The smallest absolute Gasteiger partial charge is 0.455 e. The maximum Gasteiger partial charge on any atom is 0.472 e. The molecule has 25 nitrogen and oxygen atoms in total. The molecule has 2 unspecified atom stereocenters. The number of allylic oxidation sites excluding steroid dienone is 1. The zero-order chi connectivity index (χ0) is 46.2. The minimum atomic E-state index is -5.26. The van der Waals surface area contributed by atoms with Crippen molar-refractivity contribution in [3.63, 3.8) is 0 Å². The molecular weight excluding hydrogens is 908 g/mol. The summed E-state index contributed by atoms with van der Waals surface area (Å²) < 4.78 is 60.1. The topological polar surface area (TPSA) is 364 Å². The number of ether oxygens (including phenoxy) is 3. The molecule has 2 aliphatic rings. The fourth-order valence-corrected chi connectivity index (χ4v) is 8.72. The summed E-state index contributed by atoms with van der Waals surface area (Å²) >= 11 is 1.02. The molecule has 0 saturated carbocycles. The summed E-state index contributed by atoms with van der Waals surface area (Å²) in [6, 6.07) is 9.06. The van der Waals surface area contributed by atoms with Crippen LogP contribution in [-0.2, 0) is 57.0 Å². The fourth-order valence-electron chi connectivity index (χ4n) is 6.64. The van der Waals surface area contributed by atoms with Crippen LogP contribution in [0.3, 0.4) is 0 Å². The summed E-state index contributed by atoms with van der Waals surface area (Å²) in [6.07, 6.45) is -6.12. The molecule has 1 aromatic carbocycles. The number of hydrogen-bond donors (Lipinski definition) is 7. The van der Waals surface area contributed by atoms with Crippen LogP contribution < -0.4 is 22.5 Å². The van der Waals surface area contributed by atoms with Crippen LogP contribution in [0.1, 0.15) is 50.1 Å². The van der Waals surface area contributed by atoms with Gasteiger partial charge in [-0.3, -0.25) is 32.3 Å². The number of fused-ring (bicyclic) bond motifs is 1. The van der Waals surface area contributed by atoms with E-state index in [2.05, 4.69) is 36.4 Å². The number of aliphatic hydroxyl groups is 1. The number of aromatic nitrogens is 6. The van der Waals surface area contributed by atoms with E-state index in [-0.39, 0.29) is 60.0 Å². The molecule has 5 heterocycles. The number of anilines is 2. The van der Waals surface area contributed by atoms with Crippen LogP contribution in [0, 0.1) is 0 Å². The van der Waals surface area contributed by atoms with Crippen molar-refractivity contribution in [3.8, 4) is 0 Å². The molecule has 4 aromatic rings. The first-order valence-electron chi connectivity index (χ1n) is 19.3. The van der Waals surface area contributed by atoms with Crippen LogP contribution in [0.15, 0.2) is 72.7 Å². The minimum absolute atomic E-state index is 0.0101. The number of imidazole rings is 1. The lowest BCUT2D eigenvalue weighted by atomic mass is 10.1. The Morgan fingerprint density at radius 2 is 1.77 bits per heavy atom. The Balaban J connectivity index is 1.20. The first kappa shape index (κ1) is 48.5. The van der Waals surface area contributed by atoms with E-state index in [9.17, 15) is 48.1 Å². The van der Waals surface area contributed by atoms with Gasteiger partial charge in [0.1, 0.15) is 54.3 Å². The van der Waals surface area contributed by atoms with Crippen molar-refractivity contribution < 1.29 is 71.1 Å². The number of carbonyl (C=O) groups is 3. The van der Waals surface area contributed by atoms with Gasteiger partial charge in [0, 0.05) is 31.2 Å². The van der Waals surface area contributed by atoms with Gasteiger partial charge >= 0.3 is 27.3 Å². The molecule has 0 radical (unpaired) electrons. The summed E-state index contributed by atoms with van der Waals surface area (Å²) in [5, 5.41) is 14.0. The Kier molecular flexibility index (Phi) is 16.2. The van der Waals surface area contributed by atoms with Crippen LogP contribution in [-0.4, -0.2) is 116 Å². The first-order chi connectivity index (χ1) is 30.4. The molecule has 64 heavy (non-hydrogen) atoms. The number of aliphatic hydroxyl groups excluding tert-OH is 1. The first-order valence-corrected chi connectivity index (χ1v) is 23.3. The maximum absolute atomic E-state index is 13.9. The molecule has 0 bridgehead atoms. The second-order valence-electron chi connectivity index (χ2n) is 14.3. The summed E-state index contributed by atoms with van der Waals surface area (Å²) in [4.78, 5) is 97.7. The van der Waals surface area contributed by atoms with Crippen molar-refractivity contribution >= 4 is 67.2 Å². The quantitative estimate of drug-likeness (QED) is 0.0348. The Morgan fingerprint density at radius 3 is 2.48 bits per heavy atom. The molecule has 1 amide bonds. The number of nitrogens with zero attached hydrogens (tertiary/aromatic N) is 6. The van der Waals surface area contributed by atoms with E-state index in [4.69, 9.17) is 34.7 Å². The van der Waals surface area contributed by atoms with E-state index in [0.717, 1.165) is 28.2 Å². The van der Waals surface area contributed by atoms with Gasteiger partial charge in [-0.2, -0.15) is 4.98 Å². The van der Waals surface area contributed by atoms with E-state index in [1.807, 2.05) is 30.3 Å². The Labute approximate surface area is 367 Å². The van der Waals surface area contributed by atoms with E-state index >= 15 is 0 Å². The zero-order valence-corrected chi connectivity index (χ0v) is 36.2. The molecular formula is C36H45N9O16P2S. The fraction of sp³-hybridized carbons (Fsp3) is 0.444. The monoisotopic (exact) mass is 953 g/mol. The Morgan fingerprint density at radius 1 is 1.02 bits per heavy atom. The third-order valence-corrected chi connectivity index (χ3v) is 12.2. The summed E-state index contributed by atoms with van der Waals surface area (Å²) in [7, 11) is -10.3.